The highest BCUT2D eigenvalue weighted by molar-refractivity contribution is 7.57. The van der Waals surface area contributed by atoms with E-state index in [9.17, 15) is 18.9 Å². The number of aromatic amines is 1. The fourth-order valence-electron chi connectivity index (χ4n) is 3.21. The highest BCUT2D eigenvalue weighted by Crippen LogP contribution is 2.44. The molecule has 15 nitrogen and oxygen atoms in total. The van der Waals surface area contributed by atoms with Crippen molar-refractivity contribution in [2.75, 3.05) is 12.1 Å². The predicted octanol–water partition coefficient (Wildman–Crippen LogP) is 2.74. The van der Waals surface area contributed by atoms with E-state index >= 15 is 0 Å². The molecule has 16 heteroatoms. The second-order valence-corrected chi connectivity index (χ2v) is 11.0. The van der Waals surface area contributed by atoms with E-state index in [0.29, 0.717) is 41.4 Å². The third kappa shape index (κ3) is 12.0. The lowest BCUT2D eigenvalue weighted by atomic mass is 10.3. The minimum atomic E-state index is -3.63. The van der Waals surface area contributed by atoms with Gasteiger partial charge in [-0.1, -0.05) is 30.6 Å². The lowest BCUT2D eigenvalue weighted by molar-refractivity contribution is -0.680. The molecule has 0 bridgehead atoms. The molecule has 0 aliphatic carbocycles. The molecule has 0 radical (unpaired) electrons. The Labute approximate surface area is 243 Å². The summed E-state index contributed by atoms with van der Waals surface area (Å²) in [6, 6.07) is 7.85. The van der Waals surface area contributed by atoms with Gasteiger partial charge in [-0.2, -0.15) is 4.98 Å². The summed E-state index contributed by atoms with van der Waals surface area (Å²) < 4.78 is 32.3. The van der Waals surface area contributed by atoms with Gasteiger partial charge in [-0.15, -0.1) is 0 Å². The number of nitrogens with one attached hydrogen (secondary N) is 2. The summed E-state index contributed by atoms with van der Waals surface area (Å²) in [5.41, 5.74) is 7.12. The van der Waals surface area contributed by atoms with E-state index < -0.39 is 31.5 Å². The first-order chi connectivity index (χ1) is 19.3. The molecule has 0 aliphatic rings. The van der Waals surface area contributed by atoms with Crippen molar-refractivity contribution >= 4 is 42.4 Å². The van der Waals surface area contributed by atoms with Gasteiger partial charge in [0.1, 0.15) is 18.1 Å². The van der Waals surface area contributed by atoms with Crippen molar-refractivity contribution in [2.45, 2.75) is 59.9 Å². The number of aromatic nitrogens is 4. The van der Waals surface area contributed by atoms with Crippen molar-refractivity contribution < 1.29 is 47.7 Å². The number of esters is 1. The van der Waals surface area contributed by atoms with Crippen LogP contribution in [0.2, 0.25) is 0 Å². The first-order valence-corrected chi connectivity index (χ1v) is 14.1. The average molecular weight is 610 g/mol. The summed E-state index contributed by atoms with van der Waals surface area (Å²) in [5.74, 6) is -2.30. The molecule has 0 aliphatic heterocycles. The second-order valence-electron chi connectivity index (χ2n) is 8.91. The number of carbonyl (C=O) groups is 3. The van der Waals surface area contributed by atoms with Crippen LogP contribution < -0.4 is 19.9 Å². The Morgan fingerprint density at radius 1 is 1.10 bits per heavy atom. The zero-order chi connectivity index (χ0) is 30.6. The van der Waals surface area contributed by atoms with Gasteiger partial charge in [0.05, 0.1) is 18.8 Å². The molecule has 3 rings (SSSR count). The van der Waals surface area contributed by atoms with Crippen LogP contribution in [0.3, 0.4) is 0 Å². The van der Waals surface area contributed by atoms with Gasteiger partial charge >= 0.3 is 31.1 Å². The summed E-state index contributed by atoms with van der Waals surface area (Å²) in [7, 11) is -3.63. The SMILES string of the molecule is C.CC(C)OC(=O)[C@H](C)N[P@](=O)(CO[C@H](C)C[n+]1c[nH]c2c(N)ncnc21)Oc1ccccc1.O=C(O)/C=C/C(=O)O. The van der Waals surface area contributed by atoms with Crippen molar-refractivity contribution in [1.29, 1.82) is 0 Å². The molecule has 0 saturated heterocycles. The number of carboxylic acids is 2. The van der Waals surface area contributed by atoms with Crippen molar-refractivity contribution in [3.8, 4) is 5.75 Å². The van der Waals surface area contributed by atoms with Gasteiger partial charge in [-0.25, -0.2) is 19.2 Å². The highest BCUT2D eigenvalue weighted by atomic mass is 31.2. The van der Waals surface area contributed by atoms with Crippen molar-refractivity contribution in [1.82, 2.24) is 20.0 Å². The van der Waals surface area contributed by atoms with Gasteiger partial charge in [-0.3, -0.25) is 14.3 Å². The second kappa shape index (κ2) is 16.8. The maximum Gasteiger partial charge on any atom is 0.342 e. The first-order valence-electron chi connectivity index (χ1n) is 12.3. The maximum atomic E-state index is 13.6. The van der Waals surface area contributed by atoms with Crippen LogP contribution in [0.4, 0.5) is 5.82 Å². The minimum absolute atomic E-state index is 0. The Bertz CT molecular complexity index is 1380. The van der Waals surface area contributed by atoms with Crippen molar-refractivity contribution in [2.24, 2.45) is 0 Å². The third-order valence-corrected chi connectivity index (χ3v) is 6.71. The van der Waals surface area contributed by atoms with E-state index in [2.05, 4.69) is 20.0 Å². The zero-order valence-electron chi connectivity index (χ0n) is 23.0. The van der Waals surface area contributed by atoms with Gasteiger partial charge in [0, 0.05) is 12.2 Å². The van der Waals surface area contributed by atoms with Crippen LogP contribution in [0.15, 0.2) is 55.1 Å². The molecule has 3 atom stereocenters. The first kappa shape index (κ1) is 35.7. The number of carboxylic acid groups (broad SMARTS) is 2. The number of rotatable bonds is 13. The summed E-state index contributed by atoms with van der Waals surface area (Å²) in [5, 5.41) is 18.4. The van der Waals surface area contributed by atoms with E-state index in [-0.39, 0.29) is 26.0 Å². The summed E-state index contributed by atoms with van der Waals surface area (Å²) in [6.45, 7) is 7.31. The zero-order valence-corrected chi connectivity index (χ0v) is 23.9. The van der Waals surface area contributed by atoms with Crippen LogP contribution in [0.1, 0.15) is 35.1 Å². The molecule has 1 aromatic carbocycles. The van der Waals surface area contributed by atoms with Crippen LogP contribution in [0.25, 0.3) is 11.2 Å². The molecule has 0 unspecified atom stereocenters. The number of anilines is 1. The molecule has 2 aromatic heterocycles. The van der Waals surface area contributed by atoms with Crippen molar-refractivity contribution in [3.05, 3.63) is 55.1 Å². The molecule has 0 fully saturated rings. The Balaban J connectivity index is 0.000000860. The number of hydrogen-bond acceptors (Lipinski definition) is 10. The van der Waals surface area contributed by atoms with Crippen LogP contribution in [0.5, 0.6) is 5.75 Å². The smallest absolute Gasteiger partial charge is 0.342 e. The van der Waals surface area contributed by atoms with E-state index in [1.807, 2.05) is 17.6 Å². The number of H-pyrrole nitrogens is 1. The number of imidazole rings is 1. The van der Waals surface area contributed by atoms with Crippen molar-refractivity contribution in [3.63, 3.8) is 0 Å². The van der Waals surface area contributed by atoms with Gasteiger partial charge < -0.3 is 29.9 Å². The predicted molar refractivity (Wildman–Crippen MR) is 154 cm³/mol. The number of benzene rings is 1. The molecule has 6 N–H and O–H groups in total. The molecule has 230 valence electrons. The molecule has 2 heterocycles. The largest absolute Gasteiger partial charge is 0.478 e. The van der Waals surface area contributed by atoms with Gasteiger partial charge in [0.2, 0.25) is 5.52 Å². The van der Waals surface area contributed by atoms with Crippen LogP contribution in [-0.4, -0.2) is 67.7 Å². The molecular weight excluding hydrogens is 571 g/mol. The van der Waals surface area contributed by atoms with Gasteiger partial charge in [0.25, 0.3) is 0 Å². The standard InChI is InChI=1S/C21H29N6O5P.C4H4O4.CH4/c1-14(2)31-21(28)16(4)26-33(29,32-17-8-6-5-7-9-17)13-30-15(3)10-27-12-25-18-19(22)23-11-24-20(18)27;5-3(6)1-2-4(7)8;/h5-9,11-12,14-16H,10,13H2,1-4H3,(H3,22,23,24,26,29);1-2H,(H,5,6)(H,7,8);1H4/p+1/b;2-1+;/t15-,16+,33+;;/m1../s1. The topological polar surface area (TPSA) is 220 Å². The van der Waals surface area contributed by atoms with E-state index in [4.69, 9.17) is 29.9 Å². The number of nitrogens with zero attached hydrogens (tertiary/aromatic N) is 3. The Morgan fingerprint density at radius 2 is 1.71 bits per heavy atom. The normalized spacial score (nSPS) is 13.7. The number of aliphatic carboxylic acids is 2. The quantitative estimate of drug-likeness (QED) is 0.0815. The molecule has 0 amide bonds. The molecule has 0 spiro atoms. The third-order valence-electron chi connectivity index (χ3n) is 4.94. The number of nitrogen functional groups attached to an aromatic ring is 1. The number of fused-ring (bicyclic) bond motifs is 1. The fourth-order valence-corrected chi connectivity index (χ4v) is 5.00. The lowest BCUT2D eigenvalue weighted by Gasteiger charge is -2.25. The highest BCUT2D eigenvalue weighted by Gasteiger charge is 2.32. The van der Waals surface area contributed by atoms with Crippen LogP contribution in [-0.2, 0) is 35.0 Å². The van der Waals surface area contributed by atoms with E-state index in [1.54, 1.807) is 51.4 Å². The summed E-state index contributed by atoms with van der Waals surface area (Å²) >= 11 is 0. The fraction of sp³-hybridized carbons (Fsp3) is 0.385. The summed E-state index contributed by atoms with van der Waals surface area (Å²) in [4.78, 5) is 42.6. The van der Waals surface area contributed by atoms with E-state index in [1.165, 1.54) is 6.33 Å². The molecular formula is C26H38N6O9P+. The Kier molecular flexibility index (Phi) is 14.3. The monoisotopic (exact) mass is 609 g/mol. The van der Waals surface area contributed by atoms with Gasteiger partial charge in [-0.05, 0) is 39.8 Å². The Morgan fingerprint density at radius 3 is 2.29 bits per heavy atom. The Hall–Kier alpha value is -4.33. The number of hydrogen-bond donors (Lipinski definition) is 5. The van der Waals surface area contributed by atoms with Gasteiger partial charge in [0.15, 0.2) is 18.5 Å². The van der Waals surface area contributed by atoms with Crippen LogP contribution >= 0.6 is 7.52 Å². The average Bonchev–Trinajstić information content (AvgIpc) is 3.30. The maximum absolute atomic E-state index is 13.6. The molecule has 0 saturated carbocycles. The number of para-hydroxylation sites is 1. The number of carbonyl (C=O) groups excluding carboxylic acids is 1. The molecule has 42 heavy (non-hydrogen) atoms. The number of nitrogens with two attached hydrogens (primary N) is 1. The molecule has 3 aromatic rings. The lowest BCUT2D eigenvalue weighted by Crippen LogP contribution is -2.40. The summed E-state index contributed by atoms with van der Waals surface area (Å²) in [6.07, 6.45) is 3.30. The minimum Gasteiger partial charge on any atom is -0.478 e. The number of ether oxygens (including phenoxy) is 2. The van der Waals surface area contributed by atoms with E-state index in [0.717, 1.165) is 0 Å². The van der Waals surface area contributed by atoms with Crippen LogP contribution in [0, 0.1) is 0 Å².